The predicted octanol–water partition coefficient (Wildman–Crippen LogP) is 3.46. The molecule has 2 fully saturated rings. The Morgan fingerprint density at radius 1 is 1.39 bits per heavy atom. The van der Waals surface area contributed by atoms with Gasteiger partial charge in [0.15, 0.2) is 0 Å². The largest absolute Gasteiger partial charge is 0.469 e. The minimum absolute atomic E-state index is 0.0457. The zero-order chi connectivity index (χ0) is 20.7. The molecule has 0 aromatic heterocycles. The number of oxime groups is 1. The summed E-state index contributed by atoms with van der Waals surface area (Å²) < 4.78 is 4.58. The number of carbonyl (C=O) groups is 1. The highest BCUT2D eigenvalue weighted by atomic mass is 16.6. The van der Waals surface area contributed by atoms with Crippen LogP contribution in [0.4, 0.5) is 0 Å². The molecule has 0 heterocycles. The van der Waals surface area contributed by atoms with Gasteiger partial charge in [0, 0.05) is 5.92 Å². The van der Waals surface area contributed by atoms with E-state index in [2.05, 4.69) is 30.7 Å². The number of nitrogens with zero attached hydrogens (tertiary/aromatic N) is 1. The summed E-state index contributed by atoms with van der Waals surface area (Å²) in [6.45, 7) is 6.57. The third-order valence-electron chi connectivity index (χ3n) is 6.37. The Kier molecular flexibility index (Phi) is 8.50. The van der Waals surface area contributed by atoms with E-state index in [1.807, 2.05) is 12.2 Å². The minimum atomic E-state index is -0.513. The summed E-state index contributed by atoms with van der Waals surface area (Å²) >= 11 is 0. The Morgan fingerprint density at radius 2 is 2.14 bits per heavy atom. The quantitative estimate of drug-likeness (QED) is 0.256. The van der Waals surface area contributed by atoms with Gasteiger partial charge in [-0.15, -0.1) is 0 Å². The van der Waals surface area contributed by atoms with Crippen molar-refractivity contribution in [2.75, 3.05) is 13.7 Å². The van der Waals surface area contributed by atoms with E-state index in [1.165, 1.54) is 7.11 Å². The second-order valence-electron chi connectivity index (χ2n) is 8.95. The average Bonchev–Trinajstić information content (AvgIpc) is 3.17. The van der Waals surface area contributed by atoms with Crippen LogP contribution in [0.5, 0.6) is 0 Å². The van der Waals surface area contributed by atoms with E-state index in [-0.39, 0.29) is 36.4 Å². The highest BCUT2D eigenvalue weighted by molar-refractivity contribution is 5.86. The molecule has 6 heteroatoms. The molecule has 2 saturated carbocycles. The molecule has 0 radical (unpaired) electrons. The first-order chi connectivity index (χ1) is 13.3. The molecule has 0 amide bonds. The molecule has 0 spiro atoms. The summed E-state index contributed by atoms with van der Waals surface area (Å²) in [7, 11) is 1.35. The van der Waals surface area contributed by atoms with Crippen molar-refractivity contribution in [3.8, 4) is 0 Å². The molecule has 1 unspecified atom stereocenters. The highest BCUT2D eigenvalue weighted by Crippen LogP contribution is 2.47. The molecule has 2 rings (SSSR count). The highest BCUT2D eigenvalue weighted by Gasteiger charge is 2.46. The lowest BCUT2D eigenvalue weighted by molar-refractivity contribution is -0.141. The number of carbonyl (C=O) groups excluding carboxylic acids is 1. The lowest BCUT2D eigenvalue weighted by atomic mass is 9.80. The number of ether oxygens (including phenoxy) is 1. The van der Waals surface area contributed by atoms with Gasteiger partial charge < -0.3 is 19.8 Å². The van der Waals surface area contributed by atoms with Gasteiger partial charge in [0.1, 0.15) is 6.61 Å². The number of unbranched alkanes of at least 4 members (excludes halogenated alkanes) is 1. The maximum absolute atomic E-state index is 11.1. The Morgan fingerprint density at radius 3 is 2.82 bits per heavy atom. The van der Waals surface area contributed by atoms with E-state index < -0.39 is 6.10 Å². The number of hydrogen-bond acceptors (Lipinski definition) is 6. The average molecular weight is 396 g/mol. The van der Waals surface area contributed by atoms with Crippen LogP contribution in [-0.2, 0) is 14.4 Å². The van der Waals surface area contributed by atoms with Gasteiger partial charge in [-0.05, 0) is 42.9 Å². The van der Waals surface area contributed by atoms with Crippen molar-refractivity contribution in [1.29, 1.82) is 0 Å². The van der Waals surface area contributed by atoms with E-state index in [4.69, 9.17) is 4.84 Å². The number of fused-ring (bicyclic) bond motifs is 1. The number of rotatable bonds is 10. The second-order valence-corrected chi connectivity index (χ2v) is 8.95. The van der Waals surface area contributed by atoms with Gasteiger partial charge in [0.05, 0.1) is 31.5 Å². The molecular weight excluding hydrogens is 358 g/mol. The van der Waals surface area contributed by atoms with Crippen molar-refractivity contribution < 1.29 is 24.6 Å². The van der Waals surface area contributed by atoms with Gasteiger partial charge in [-0.1, -0.05) is 50.9 Å². The Bertz CT molecular complexity index is 571. The Balaban J connectivity index is 1.90. The maximum Gasteiger partial charge on any atom is 0.309 e. The first kappa shape index (κ1) is 22.9. The SMILES string of the molecule is CCCCC(C)(C)C(O)C=C[C@H]1[C@@H]2C/C(=N\OCCC(=O)OC)C[C@H]2C[C@@H]1O. The molecule has 2 aliphatic carbocycles. The molecule has 0 aromatic carbocycles. The van der Waals surface area contributed by atoms with E-state index in [0.29, 0.717) is 11.8 Å². The van der Waals surface area contributed by atoms with Gasteiger partial charge in [-0.3, -0.25) is 4.79 Å². The van der Waals surface area contributed by atoms with Crippen molar-refractivity contribution >= 4 is 11.7 Å². The van der Waals surface area contributed by atoms with Crippen LogP contribution in [-0.4, -0.2) is 47.8 Å². The third kappa shape index (κ3) is 6.05. The zero-order valence-corrected chi connectivity index (χ0v) is 17.8. The zero-order valence-electron chi connectivity index (χ0n) is 17.8. The van der Waals surface area contributed by atoms with Crippen molar-refractivity contribution in [2.45, 2.75) is 77.9 Å². The first-order valence-corrected chi connectivity index (χ1v) is 10.6. The number of methoxy groups -OCH3 is 1. The summed E-state index contributed by atoms with van der Waals surface area (Å²) in [6.07, 6.45) is 8.81. The van der Waals surface area contributed by atoms with Crippen molar-refractivity contribution in [2.24, 2.45) is 28.3 Å². The number of hydrogen-bond donors (Lipinski definition) is 2. The summed E-state index contributed by atoms with van der Waals surface area (Å²) in [5.74, 6) is 0.472. The molecule has 28 heavy (non-hydrogen) atoms. The molecular formula is C22H37NO5. The normalized spacial score (nSPS) is 30.0. The van der Waals surface area contributed by atoms with E-state index in [1.54, 1.807) is 0 Å². The molecule has 0 aromatic rings. The van der Waals surface area contributed by atoms with Gasteiger partial charge in [0.2, 0.25) is 0 Å². The summed E-state index contributed by atoms with van der Waals surface area (Å²) in [4.78, 5) is 16.4. The van der Waals surface area contributed by atoms with Gasteiger partial charge in [-0.25, -0.2) is 0 Å². The van der Waals surface area contributed by atoms with Crippen LogP contribution in [0.1, 0.15) is 65.7 Å². The molecule has 0 aliphatic heterocycles. The number of aliphatic hydroxyl groups excluding tert-OH is 2. The molecule has 2 aliphatic rings. The van der Waals surface area contributed by atoms with Crippen molar-refractivity contribution in [1.82, 2.24) is 0 Å². The summed E-state index contributed by atoms with van der Waals surface area (Å²) in [5.41, 5.74) is 0.833. The number of esters is 1. The maximum atomic E-state index is 11.1. The molecule has 5 atom stereocenters. The van der Waals surface area contributed by atoms with Crippen LogP contribution < -0.4 is 0 Å². The van der Waals surface area contributed by atoms with E-state index in [0.717, 1.165) is 44.2 Å². The van der Waals surface area contributed by atoms with Crippen LogP contribution in [0.2, 0.25) is 0 Å². The monoisotopic (exact) mass is 395 g/mol. The molecule has 2 N–H and O–H groups in total. The van der Waals surface area contributed by atoms with Crippen LogP contribution in [0, 0.1) is 23.2 Å². The first-order valence-electron chi connectivity index (χ1n) is 10.6. The van der Waals surface area contributed by atoms with Gasteiger partial charge in [0.25, 0.3) is 0 Å². The number of aliphatic hydroxyl groups is 2. The summed E-state index contributed by atoms with van der Waals surface area (Å²) in [6, 6.07) is 0. The van der Waals surface area contributed by atoms with Gasteiger partial charge in [-0.2, -0.15) is 0 Å². The van der Waals surface area contributed by atoms with Crippen LogP contribution in [0.15, 0.2) is 17.3 Å². The topological polar surface area (TPSA) is 88.4 Å². The minimum Gasteiger partial charge on any atom is -0.469 e. The Hall–Kier alpha value is -1.40. The van der Waals surface area contributed by atoms with Crippen LogP contribution >= 0.6 is 0 Å². The van der Waals surface area contributed by atoms with Crippen LogP contribution in [0.25, 0.3) is 0 Å². The fraction of sp³-hybridized carbons (Fsp3) is 0.818. The lowest BCUT2D eigenvalue weighted by Crippen LogP contribution is -2.28. The fourth-order valence-corrected chi connectivity index (χ4v) is 4.43. The Labute approximate surface area is 169 Å². The van der Waals surface area contributed by atoms with Crippen molar-refractivity contribution in [3.63, 3.8) is 0 Å². The molecule has 160 valence electrons. The van der Waals surface area contributed by atoms with Gasteiger partial charge >= 0.3 is 5.97 Å². The van der Waals surface area contributed by atoms with E-state index in [9.17, 15) is 15.0 Å². The fourth-order valence-electron chi connectivity index (χ4n) is 4.43. The van der Waals surface area contributed by atoms with Crippen molar-refractivity contribution in [3.05, 3.63) is 12.2 Å². The van der Waals surface area contributed by atoms with E-state index >= 15 is 0 Å². The summed E-state index contributed by atoms with van der Waals surface area (Å²) in [5, 5.41) is 25.3. The predicted molar refractivity (Wildman–Crippen MR) is 109 cm³/mol. The standard InChI is InChI=1S/C22H37NO5/c1-5-6-10-22(2,3)20(25)8-7-17-18-14-16(12-15(18)13-19(17)24)23-28-11-9-21(26)27-4/h7-8,15,17-20,24-25H,5-6,9-14H2,1-4H3/b8-7?,23-16-/t15-,17-,18+,19-,20?/m0/s1. The lowest BCUT2D eigenvalue weighted by Gasteiger charge is -2.29. The van der Waals surface area contributed by atoms with Crippen LogP contribution in [0.3, 0.4) is 0 Å². The molecule has 0 saturated heterocycles. The smallest absolute Gasteiger partial charge is 0.309 e. The molecule has 6 nitrogen and oxygen atoms in total. The third-order valence-corrected chi connectivity index (χ3v) is 6.37. The molecule has 0 bridgehead atoms. The second kappa shape index (κ2) is 10.4.